The SMILES string of the molecule is CNC(=O)c1cc(Oc2ccc(NC(=O)c3nc([S+](C)[O-])[pH]c3-c3ccc(F)cc3)cc2)ccn1. The monoisotopic (exact) mass is 510 g/mol. The van der Waals surface area contributed by atoms with E-state index >= 15 is 0 Å². The first-order chi connectivity index (χ1) is 16.8. The highest BCUT2D eigenvalue weighted by molar-refractivity contribution is 7.93. The third kappa shape index (κ3) is 5.86. The van der Waals surface area contributed by atoms with E-state index in [1.807, 2.05) is 0 Å². The van der Waals surface area contributed by atoms with Crippen LogP contribution in [0.3, 0.4) is 0 Å². The molecular formula is C24H20FN4O4PS. The van der Waals surface area contributed by atoms with Crippen molar-refractivity contribution < 1.29 is 23.3 Å². The van der Waals surface area contributed by atoms with Crippen molar-refractivity contribution in [3.05, 3.63) is 84.1 Å². The zero-order valence-electron chi connectivity index (χ0n) is 18.7. The van der Waals surface area contributed by atoms with Crippen LogP contribution in [0.4, 0.5) is 10.1 Å². The van der Waals surface area contributed by atoms with Gasteiger partial charge >= 0.3 is 0 Å². The number of pyridine rings is 1. The molecule has 2 unspecified atom stereocenters. The van der Waals surface area contributed by atoms with E-state index in [-0.39, 0.29) is 31.3 Å². The van der Waals surface area contributed by atoms with Gasteiger partial charge in [0.2, 0.25) is 0 Å². The molecule has 178 valence electrons. The highest BCUT2D eigenvalue weighted by Gasteiger charge is 2.22. The average Bonchev–Trinajstić information content (AvgIpc) is 3.31. The molecule has 0 saturated heterocycles. The molecule has 0 aliphatic carbocycles. The predicted octanol–water partition coefficient (Wildman–Crippen LogP) is 4.46. The van der Waals surface area contributed by atoms with E-state index in [9.17, 15) is 18.5 Å². The van der Waals surface area contributed by atoms with Crippen LogP contribution >= 0.6 is 8.19 Å². The highest BCUT2D eigenvalue weighted by Crippen LogP contribution is 2.37. The molecule has 35 heavy (non-hydrogen) atoms. The summed E-state index contributed by atoms with van der Waals surface area (Å²) in [6.07, 6.45) is 2.98. The van der Waals surface area contributed by atoms with Gasteiger partial charge in [-0.25, -0.2) is 4.39 Å². The fourth-order valence-corrected chi connectivity index (χ4v) is 5.22. The number of carbonyl (C=O) groups excluding carboxylic acids is 2. The van der Waals surface area contributed by atoms with Crippen LogP contribution in [0, 0.1) is 5.82 Å². The summed E-state index contributed by atoms with van der Waals surface area (Å²) in [5, 5.41) is 5.90. The molecule has 0 saturated carbocycles. The molecule has 0 bridgehead atoms. The normalized spacial score (nSPS) is 11.8. The summed E-state index contributed by atoms with van der Waals surface area (Å²) in [7, 11) is 1.47. The minimum atomic E-state index is -1.33. The number of hydrogen-bond donors (Lipinski definition) is 2. The van der Waals surface area contributed by atoms with Gasteiger partial charge in [-0.1, -0.05) is 12.1 Å². The molecule has 4 rings (SSSR count). The molecule has 0 aliphatic heterocycles. The Morgan fingerprint density at radius 1 is 1.03 bits per heavy atom. The number of benzene rings is 2. The lowest BCUT2D eigenvalue weighted by atomic mass is 10.1. The second-order valence-corrected chi connectivity index (χ2v) is 10.1. The number of anilines is 1. The number of ether oxygens (including phenoxy) is 1. The van der Waals surface area contributed by atoms with Crippen LogP contribution in [0.25, 0.3) is 10.9 Å². The minimum Gasteiger partial charge on any atom is -0.610 e. The van der Waals surface area contributed by atoms with Gasteiger partial charge < -0.3 is 19.9 Å². The molecule has 2 aromatic carbocycles. The average molecular weight is 510 g/mol. The fraction of sp³-hybridized carbons (Fsp3) is 0.0833. The van der Waals surface area contributed by atoms with Crippen LogP contribution in [0.2, 0.25) is 0 Å². The number of rotatable bonds is 7. The van der Waals surface area contributed by atoms with E-state index in [4.69, 9.17) is 4.74 Å². The Morgan fingerprint density at radius 3 is 2.40 bits per heavy atom. The molecule has 2 aromatic heterocycles. The summed E-state index contributed by atoms with van der Waals surface area (Å²) in [4.78, 5) is 33.1. The maximum absolute atomic E-state index is 13.4. The van der Waals surface area contributed by atoms with Gasteiger partial charge in [-0.05, 0) is 56.2 Å². The van der Waals surface area contributed by atoms with Crippen molar-refractivity contribution in [2.45, 2.75) is 4.76 Å². The molecule has 0 aliphatic rings. The van der Waals surface area contributed by atoms with E-state index in [2.05, 4.69) is 20.6 Å². The van der Waals surface area contributed by atoms with E-state index in [1.165, 1.54) is 37.7 Å². The Morgan fingerprint density at radius 2 is 1.74 bits per heavy atom. The van der Waals surface area contributed by atoms with E-state index in [1.54, 1.807) is 42.5 Å². The van der Waals surface area contributed by atoms with Gasteiger partial charge in [0.25, 0.3) is 16.6 Å². The third-order valence-electron chi connectivity index (χ3n) is 4.84. The second-order valence-electron chi connectivity index (χ2n) is 7.26. The third-order valence-corrected chi connectivity index (χ3v) is 7.75. The Labute approximate surface area is 205 Å². The minimum absolute atomic E-state index is 0.0495. The van der Waals surface area contributed by atoms with Crippen LogP contribution in [0.5, 0.6) is 11.5 Å². The van der Waals surface area contributed by atoms with Crippen LogP contribution in [-0.4, -0.2) is 39.6 Å². The van der Waals surface area contributed by atoms with E-state index in [0.29, 0.717) is 32.8 Å². The number of aromatic nitrogens is 2. The van der Waals surface area contributed by atoms with Crippen molar-refractivity contribution >= 4 is 36.9 Å². The summed E-state index contributed by atoms with van der Waals surface area (Å²) in [5.41, 5.74) is 1.53. The lowest BCUT2D eigenvalue weighted by Gasteiger charge is -2.09. The maximum atomic E-state index is 13.4. The van der Waals surface area contributed by atoms with Crippen LogP contribution in [-0.2, 0) is 11.2 Å². The molecule has 0 fully saturated rings. The van der Waals surface area contributed by atoms with Gasteiger partial charge in [0.1, 0.15) is 35.0 Å². The predicted molar refractivity (Wildman–Crippen MR) is 134 cm³/mol. The van der Waals surface area contributed by atoms with Gasteiger partial charge in [0.15, 0.2) is 0 Å². The Balaban J connectivity index is 1.51. The molecule has 2 heterocycles. The lowest BCUT2D eigenvalue weighted by molar-refractivity contribution is 0.0957. The van der Waals surface area contributed by atoms with Crippen molar-refractivity contribution in [2.75, 3.05) is 18.6 Å². The Bertz CT molecular complexity index is 1360. The number of nitrogens with zero attached hydrogens (tertiary/aromatic N) is 2. The topological polar surface area (TPSA) is 116 Å². The number of nitrogens with one attached hydrogen (secondary N) is 2. The van der Waals surface area contributed by atoms with Crippen LogP contribution in [0.1, 0.15) is 21.0 Å². The quantitative estimate of drug-likeness (QED) is 0.355. The van der Waals surface area contributed by atoms with Crippen LogP contribution in [0.15, 0.2) is 71.6 Å². The molecule has 0 spiro atoms. The summed E-state index contributed by atoms with van der Waals surface area (Å²) < 4.78 is 31.5. The lowest BCUT2D eigenvalue weighted by Crippen LogP contribution is -2.18. The molecule has 11 heteroatoms. The zero-order chi connectivity index (χ0) is 24.9. The Kier molecular flexibility index (Phi) is 7.45. The van der Waals surface area contributed by atoms with Crippen molar-refractivity contribution in [1.82, 2.24) is 15.3 Å². The molecule has 4 aromatic rings. The molecule has 0 radical (unpaired) electrons. The van der Waals surface area contributed by atoms with E-state index in [0.717, 1.165) is 0 Å². The summed E-state index contributed by atoms with van der Waals surface area (Å²) in [5.74, 6) is -0.248. The summed E-state index contributed by atoms with van der Waals surface area (Å²) >= 11 is -1.33. The summed E-state index contributed by atoms with van der Waals surface area (Å²) in [6.45, 7) is 0. The van der Waals surface area contributed by atoms with Gasteiger partial charge in [-0.15, -0.1) is 0 Å². The van der Waals surface area contributed by atoms with Gasteiger partial charge in [-0.2, -0.15) is 4.98 Å². The number of halogens is 1. The highest BCUT2D eigenvalue weighted by atomic mass is 32.2. The van der Waals surface area contributed by atoms with Gasteiger partial charge in [-0.3, -0.25) is 14.6 Å². The first-order valence-electron chi connectivity index (χ1n) is 10.3. The fourth-order valence-electron chi connectivity index (χ4n) is 3.14. The van der Waals surface area contributed by atoms with Crippen LogP contribution < -0.4 is 15.4 Å². The van der Waals surface area contributed by atoms with Crippen molar-refractivity contribution in [3.63, 3.8) is 0 Å². The first-order valence-corrected chi connectivity index (χ1v) is 12.9. The largest absolute Gasteiger partial charge is 0.610 e. The standard InChI is InChI=1S/C24H20FN4O4PS/c1-26-22(30)19-13-18(11-12-27-19)33-17-9-7-16(8-10-17)28-23(31)20-21(34-24(29-20)35(2)32)14-3-5-15(25)6-4-14/h3-13,34H,1-2H3,(H,26,30)(H,28,31). The molecule has 8 nitrogen and oxygen atoms in total. The van der Waals surface area contributed by atoms with Gasteiger partial charge in [0.05, 0.1) is 0 Å². The number of hydrogen-bond acceptors (Lipinski definition) is 6. The number of amides is 2. The molecular weight excluding hydrogens is 490 g/mol. The molecule has 2 N–H and O–H groups in total. The Hall–Kier alpha value is -3.72. The first kappa shape index (κ1) is 24.4. The van der Waals surface area contributed by atoms with Gasteiger partial charge in [0, 0.05) is 41.5 Å². The smallest absolute Gasteiger partial charge is 0.275 e. The number of carbonyl (C=O) groups is 2. The zero-order valence-corrected chi connectivity index (χ0v) is 20.5. The molecule has 2 atom stereocenters. The van der Waals surface area contributed by atoms with Crippen molar-refractivity contribution in [1.29, 1.82) is 0 Å². The van der Waals surface area contributed by atoms with Crippen molar-refractivity contribution in [2.24, 2.45) is 0 Å². The van der Waals surface area contributed by atoms with Crippen molar-refractivity contribution in [3.8, 4) is 22.4 Å². The van der Waals surface area contributed by atoms with E-state index < -0.39 is 17.1 Å². The maximum Gasteiger partial charge on any atom is 0.275 e. The second kappa shape index (κ2) is 10.7. The summed E-state index contributed by atoms with van der Waals surface area (Å²) in [6, 6.07) is 15.5. The molecule has 2 amide bonds.